The lowest BCUT2D eigenvalue weighted by atomic mass is 9.93. The second-order valence-corrected chi connectivity index (χ2v) is 6.23. The number of rotatable bonds is 2. The molecule has 3 N–H and O–H groups in total. The van der Waals surface area contributed by atoms with Gasteiger partial charge >= 0.3 is 0 Å². The third-order valence-corrected chi connectivity index (χ3v) is 4.48. The predicted octanol–water partition coefficient (Wildman–Crippen LogP) is 3.80. The molecule has 3 aromatic rings. The van der Waals surface area contributed by atoms with Crippen LogP contribution in [0.15, 0.2) is 48.5 Å². The highest BCUT2D eigenvalue weighted by Crippen LogP contribution is 2.38. The fraction of sp³-hybridized carbons (Fsp3) is 0.176. The van der Waals surface area contributed by atoms with E-state index in [9.17, 15) is 4.39 Å². The van der Waals surface area contributed by atoms with Gasteiger partial charge in [0.1, 0.15) is 5.82 Å². The maximum atomic E-state index is 13.2. The predicted molar refractivity (Wildman–Crippen MR) is 91.4 cm³/mol. The SMILES string of the molecule is Nc1nc2n(n1)[C@H](c1ccc(Cl)cc1)C[C@@H](c1ccc(F)cc1)N2. The number of anilines is 2. The van der Waals surface area contributed by atoms with Gasteiger partial charge in [-0.2, -0.15) is 4.98 Å². The summed E-state index contributed by atoms with van der Waals surface area (Å²) in [5.41, 5.74) is 7.83. The van der Waals surface area contributed by atoms with E-state index in [4.69, 9.17) is 17.3 Å². The molecule has 1 aliphatic rings. The summed E-state index contributed by atoms with van der Waals surface area (Å²) in [6.45, 7) is 0. The van der Waals surface area contributed by atoms with Crippen LogP contribution < -0.4 is 11.1 Å². The first kappa shape index (κ1) is 15.0. The lowest BCUT2D eigenvalue weighted by Crippen LogP contribution is -2.28. The van der Waals surface area contributed by atoms with E-state index < -0.39 is 0 Å². The molecule has 0 aliphatic carbocycles. The van der Waals surface area contributed by atoms with E-state index >= 15 is 0 Å². The Labute approximate surface area is 143 Å². The number of hydrogen-bond donors (Lipinski definition) is 2. The Balaban J connectivity index is 1.74. The van der Waals surface area contributed by atoms with Crippen molar-refractivity contribution < 1.29 is 4.39 Å². The van der Waals surface area contributed by atoms with Crippen molar-refractivity contribution in [3.8, 4) is 0 Å². The first-order valence-corrected chi connectivity index (χ1v) is 7.97. The van der Waals surface area contributed by atoms with Crippen LogP contribution in [0, 0.1) is 5.82 Å². The van der Waals surface area contributed by atoms with Crippen molar-refractivity contribution >= 4 is 23.5 Å². The first-order valence-electron chi connectivity index (χ1n) is 7.59. The largest absolute Gasteiger partial charge is 0.366 e. The van der Waals surface area contributed by atoms with Crippen LogP contribution >= 0.6 is 11.6 Å². The van der Waals surface area contributed by atoms with E-state index in [1.54, 1.807) is 16.8 Å². The number of nitrogens with two attached hydrogens (primary N) is 1. The number of nitrogen functional groups attached to an aromatic ring is 1. The third-order valence-electron chi connectivity index (χ3n) is 4.23. The molecule has 24 heavy (non-hydrogen) atoms. The van der Waals surface area contributed by atoms with Crippen molar-refractivity contribution in [1.29, 1.82) is 0 Å². The van der Waals surface area contributed by atoms with Gasteiger partial charge in [0.25, 0.3) is 0 Å². The maximum absolute atomic E-state index is 13.2. The van der Waals surface area contributed by atoms with Crippen LogP contribution in [0.4, 0.5) is 16.3 Å². The highest BCUT2D eigenvalue weighted by atomic mass is 35.5. The Hall–Kier alpha value is -2.60. The summed E-state index contributed by atoms with van der Waals surface area (Å²) < 4.78 is 15.0. The topological polar surface area (TPSA) is 68.8 Å². The normalized spacial score (nSPS) is 19.6. The van der Waals surface area contributed by atoms with Gasteiger partial charge in [0.05, 0.1) is 12.1 Å². The molecule has 7 heteroatoms. The third kappa shape index (κ3) is 2.69. The summed E-state index contributed by atoms with van der Waals surface area (Å²) in [4.78, 5) is 4.26. The monoisotopic (exact) mass is 343 g/mol. The van der Waals surface area contributed by atoms with Crippen LogP contribution in [-0.4, -0.2) is 14.8 Å². The standard InChI is InChI=1S/C17H15ClFN5/c18-12-5-1-11(2-6-12)15-9-14(10-3-7-13(19)8-4-10)21-17-22-16(20)23-24(15)17/h1-8,14-15H,9H2,(H3,20,21,22,23)/t14-,15-/m0/s1. The summed E-state index contributed by atoms with van der Waals surface area (Å²) in [5.74, 6) is 0.570. The van der Waals surface area contributed by atoms with E-state index in [1.165, 1.54) is 12.1 Å². The van der Waals surface area contributed by atoms with E-state index in [0.29, 0.717) is 11.0 Å². The molecule has 2 atom stereocenters. The number of benzene rings is 2. The van der Waals surface area contributed by atoms with Gasteiger partial charge in [-0.25, -0.2) is 9.07 Å². The van der Waals surface area contributed by atoms with Crippen molar-refractivity contribution in [3.05, 3.63) is 70.5 Å². The highest BCUT2D eigenvalue weighted by molar-refractivity contribution is 6.30. The van der Waals surface area contributed by atoms with Gasteiger partial charge in [-0.05, 0) is 41.8 Å². The molecule has 0 radical (unpaired) electrons. The Morgan fingerprint density at radius 1 is 1.08 bits per heavy atom. The fourth-order valence-electron chi connectivity index (χ4n) is 3.07. The van der Waals surface area contributed by atoms with Crippen molar-refractivity contribution in [1.82, 2.24) is 14.8 Å². The maximum Gasteiger partial charge on any atom is 0.241 e. The van der Waals surface area contributed by atoms with E-state index in [0.717, 1.165) is 17.5 Å². The van der Waals surface area contributed by atoms with E-state index in [1.807, 2.05) is 24.3 Å². The average molecular weight is 344 g/mol. The van der Waals surface area contributed by atoms with Gasteiger partial charge in [0, 0.05) is 5.02 Å². The summed E-state index contributed by atoms with van der Waals surface area (Å²) >= 11 is 5.99. The molecule has 2 aromatic carbocycles. The molecule has 0 saturated carbocycles. The number of halogens is 2. The van der Waals surface area contributed by atoms with E-state index in [-0.39, 0.29) is 23.8 Å². The van der Waals surface area contributed by atoms with Crippen LogP contribution in [-0.2, 0) is 0 Å². The van der Waals surface area contributed by atoms with Gasteiger partial charge in [0.15, 0.2) is 0 Å². The lowest BCUT2D eigenvalue weighted by Gasteiger charge is -2.31. The van der Waals surface area contributed by atoms with Gasteiger partial charge < -0.3 is 11.1 Å². The number of hydrogen-bond acceptors (Lipinski definition) is 4. The smallest absolute Gasteiger partial charge is 0.241 e. The lowest BCUT2D eigenvalue weighted by molar-refractivity contribution is 0.431. The van der Waals surface area contributed by atoms with Crippen molar-refractivity contribution in [3.63, 3.8) is 0 Å². The second-order valence-electron chi connectivity index (χ2n) is 5.79. The van der Waals surface area contributed by atoms with Crippen LogP contribution in [0.3, 0.4) is 0 Å². The van der Waals surface area contributed by atoms with Gasteiger partial charge in [-0.15, -0.1) is 5.10 Å². The molecule has 2 heterocycles. The molecule has 4 rings (SSSR count). The Morgan fingerprint density at radius 2 is 1.75 bits per heavy atom. The van der Waals surface area contributed by atoms with Gasteiger partial charge in [0.2, 0.25) is 11.9 Å². The van der Waals surface area contributed by atoms with Crippen LogP contribution in [0.5, 0.6) is 0 Å². The van der Waals surface area contributed by atoms with Crippen LogP contribution in [0.2, 0.25) is 5.02 Å². The minimum absolute atomic E-state index is 0.0117. The zero-order chi connectivity index (χ0) is 16.7. The van der Waals surface area contributed by atoms with Crippen LogP contribution in [0.25, 0.3) is 0 Å². The van der Waals surface area contributed by atoms with Crippen molar-refractivity contribution in [2.45, 2.75) is 18.5 Å². The summed E-state index contributed by atoms with van der Waals surface area (Å²) in [7, 11) is 0. The molecule has 1 aromatic heterocycles. The fourth-order valence-corrected chi connectivity index (χ4v) is 3.20. The first-order chi connectivity index (χ1) is 11.6. The summed E-state index contributed by atoms with van der Waals surface area (Å²) in [6.07, 6.45) is 0.739. The number of nitrogens with one attached hydrogen (secondary N) is 1. The molecule has 0 saturated heterocycles. The minimum Gasteiger partial charge on any atom is -0.366 e. The van der Waals surface area contributed by atoms with E-state index in [2.05, 4.69) is 15.4 Å². The molecule has 0 unspecified atom stereocenters. The Bertz CT molecular complexity index is 860. The molecule has 0 spiro atoms. The molecule has 0 bridgehead atoms. The molecule has 0 amide bonds. The van der Waals surface area contributed by atoms with Gasteiger partial charge in [-0.3, -0.25) is 0 Å². The minimum atomic E-state index is -0.253. The summed E-state index contributed by atoms with van der Waals surface area (Å²) in [6, 6.07) is 14.1. The average Bonchev–Trinajstić information content (AvgIpc) is 2.95. The Morgan fingerprint density at radius 3 is 2.46 bits per heavy atom. The molecule has 122 valence electrons. The number of nitrogens with zero attached hydrogens (tertiary/aromatic N) is 3. The Kier molecular flexibility index (Phi) is 3.61. The zero-order valence-electron chi connectivity index (χ0n) is 12.7. The van der Waals surface area contributed by atoms with Crippen molar-refractivity contribution in [2.75, 3.05) is 11.1 Å². The van der Waals surface area contributed by atoms with Crippen LogP contribution in [0.1, 0.15) is 29.6 Å². The summed E-state index contributed by atoms with van der Waals surface area (Å²) in [5, 5.41) is 8.31. The number of fused-ring (bicyclic) bond motifs is 1. The molecule has 1 aliphatic heterocycles. The molecule has 0 fully saturated rings. The van der Waals surface area contributed by atoms with Gasteiger partial charge in [-0.1, -0.05) is 35.9 Å². The molecule has 5 nitrogen and oxygen atoms in total. The highest BCUT2D eigenvalue weighted by Gasteiger charge is 2.30. The molecular weight excluding hydrogens is 329 g/mol. The molecular formula is C17H15ClFN5. The number of aromatic nitrogens is 3. The zero-order valence-corrected chi connectivity index (χ0v) is 13.4. The quantitative estimate of drug-likeness (QED) is 0.742. The van der Waals surface area contributed by atoms with Crippen molar-refractivity contribution in [2.24, 2.45) is 0 Å². The second kappa shape index (κ2) is 5.79.